The monoisotopic (exact) mass is 473 g/mol. The number of carbonyl (C=O) groups is 1. The molecule has 0 saturated heterocycles. The summed E-state index contributed by atoms with van der Waals surface area (Å²) in [6.45, 7) is 13.6. The van der Waals surface area contributed by atoms with Crippen LogP contribution in [0, 0.1) is 11.6 Å². The minimum Gasteiger partial charge on any atom is -0.351 e. The summed E-state index contributed by atoms with van der Waals surface area (Å²) >= 11 is 6.03. The fraction of sp³-hybridized carbons (Fsp3) is 0.308. The summed E-state index contributed by atoms with van der Waals surface area (Å²) in [4.78, 5) is 17.3. The number of halogens is 3. The minimum absolute atomic E-state index is 0.00536. The zero-order valence-electron chi connectivity index (χ0n) is 19.6. The maximum Gasteiger partial charge on any atom is 0.258 e. The average Bonchev–Trinajstić information content (AvgIpc) is 2.72. The van der Waals surface area contributed by atoms with Crippen molar-refractivity contribution in [1.82, 2.24) is 10.6 Å². The largest absolute Gasteiger partial charge is 0.351 e. The topological polar surface area (TPSA) is 53.5 Å². The third-order valence-electron chi connectivity index (χ3n) is 4.73. The SMILES string of the molecule is C=C/C(C)=C(/CC(C)N=C(NC(=O)c1ccc(F)c(F)c1)NC(C)(C)C)c1ccc(Cl)cc1. The zero-order chi connectivity index (χ0) is 24.8. The zero-order valence-corrected chi connectivity index (χ0v) is 20.4. The number of aliphatic imine (C=N–C) groups is 1. The minimum atomic E-state index is -1.09. The van der Waals surface area contributed by atoms with E-state index in [0.717, 1.165) is 28.8 Å². The van der Waals surface area contributed by atoms with Crippen LogP contribution in [0.4, 0.5) is 8.78 Å². The van der Waals surface area contributed by atoms with Gasteiger partial charge in [-0.25, -0.2) is 13.8 Å². The lowest BCUT2D eigenvalue weighted by molar-refractivity contribution is 0.0974. The summed E-state index contributed by atoms with van der Waals surface area (Å²) in [5, 5.41) is 6.51. The lowest BCUT2D eigenvalue weighted by Crippen LogP contribution is -2.49. The number of guanidine groups is 1. The van der Waals surface area contributed by atoms with E-state index in [-0.39, 0.29) is 17.6 Å². The van der Waals surface area contributed by atoms with Crippen molar-refractivity contribution in [1.29, 1.82) is 0 Å². The molecule has 0 aliphatic rings. The van der Waals surface area contributed by atoms with Gasteiger partial charge in [0.25, 0.3) is 5.91 Å². The summed E-state index contributed by atoms with van der Waals surface area (Å²) in [6, 6.07) is 10.3. The Morgan fingerprint density at radius 3 is 2.27 bits per heavy atom. The highest BCUT2D eigenvalue weighted by Gasteiger charge is 2.18. The summed E-state index contributed by atoms with van der Waals surface area (Å²) in [6.07, 6.45) is 2.37. The molecule has 7 heteroatoms. The van der Waals surface area contributed by atoms with Crippen LogP contribution in [0.3, 0.4) is 0 Å². The number of benzene rings is 2. The Morgan fingerprint density at radius 2 is 1.73 bits per heavy atom. The first-order valence-corrected chi connectivity index (χ1v) is 11.0. The Hall–Kier alpha value is -2.99. The van der Waals surface area contributed by atoms with Crippen LogP contribution in [0.15, 0.2) is 65.7 Å². The van der Waals surface area contributed by atoms with E-state index in [4.69, 9.17) is 11.6 Å². The van der Waals surface area contributed by atoms with Crippen molar-refractivity contribution < 1.29 is 13.6 Å². The van der Waals surface area contributed by atoms with E-state index in [1.54, 1.807) is 6.08 Å². The van der Waals surface area contributed by atoms with E-state index in [1.807, 2.05) is 58.9 Å². The highest BCUT2D eigenvalue weighted by Crippen LogP contribution is 2.27. The van der Waals surface area contributed by atoms with Crippen LogP contribution in [-0.2, 0) is 0 Å². The smallest absolute Gasteiger partial charge is 0.258 e. The molecule has 2 aromatic carbocycles. The fourth-order valence-electron chi connectivity index (χ4n) is 3.11. The van der Waals surface area contributed by atoms with E-state index in [2.05, 4.69) is 22.2 Å². The number of hydrogen-bond donors (Lipinski definition) is 2. The number of allylic oxidation sites excluding steroid dienone is 2. The Balaban J connectivity index is 2.31. The third-order valence-corrected chi connectivity index (χ3v) is 4.98. The number of hydrogen-bond acceptors (Lipinski definition) is 2. The van der Waals surface area contributed by atoms with E-state index in [1.165, 1.54) is 6.07 Å². The van der Waals surface area contributed by atoms with Gasteiger partial charge in [-0.05, 0) is 88.1 Å². The second-order valence-corrected chi connectivity index (χ2v) is 9.30. The van der Waals surface area contributed by atoms with Gasteiger partial charge in [-0.1, -0.05) is 36.4 Å². The third kappa shape index (κ3) is 8.13. The molecule has 1 atom stereocenters. The van der Waals surface area contributed by atoms with Crippen LogP contribution < -0.4 is 10.6 Å². The second kappa shape index (κ2) is 11.2. The van der Waals surface area contributed by atoms with Crippen LogP contribution in [0.25, 0.3) is 5.57 Å². The lowest BCUT2D eigenvalue weighted by atomic mass is 9.95. The molecule has 0 saturated carbocycles. The predicted octanol–water partition coefficient (Wildman–Crippen LogP) is 6.53. The maximum atomic E-state index is 13.6. The molecule has 2 aromatic rings. The Labute approximate surface area is 199 Å². The van der Waals surface area contributed by atoms with Gasteiger partial charge in [0.2, 0.25) is 0 Å². The van der Waals surface area contributed by atoms with Crippen molar-refractivity contribution in [2.24, 2.45) is 4.99 Å². The summed E-state index contributed by atoms with van der Waals surface area (Å²) < 4.78 is 26.8. The maximum absolute atomic E-state index is 13.6. The van der Waals surface area contributed by atoms with Crippen molar-refractivity contribution in [2.75, 3.05) is 0 Å². The molecule has 0 fully saturated rings. The van der Waals surface area contributed by atoms with Crippen LogP contribution >= 0.6 is 11.6 Å². The Morgan fingerprint density at radius 1 is 1.12 bits per heavy atom. The summed E-state index contributed by atoms with van der Waals surface area (Å²) in [5.74, 6) is -2.44. The highest BCUT2D eigenvalue weighted by molar-refractivity contribution is 6.30. The van der Waals surface area contributed by atoms with Gasteiger partial charge < -0.3 is 5.32 Å². The number of nitrogens with one attached hydrogen (secondary N) is 2. The number of rotatable bonds is 6. The van der Waals surface area contributed by atoms with Crippen LogP contribution in [0.2, 0.25) is 5.02 Å². The van der Waals surface area contributed by atoms with Crippen molar-refractivity contribution in [2.45, 2.75) is 52.6 Å². The summed E-state index contributed by atoms with van der Waals surface area (Å²) in [7, 11) is 0. The molecule has 0 heterocycles. The van der Waals surface area contributed by atoms with E-state index < -0.39 is 23.1 Å². The molecule has 2 rings (SSSR count). The van der Waals surface area contributed by atoms with E-state index in [0.29, 0.717) is 11.4 Å². The number of amides is 1. The molecule has 0 aromatic heterocycles. The molecule has 0 spiro atoms. The van der Waals surface area contributed by atoms with Gasteiger partial charge in [0, 0.05) is 16.1 Å². The van der Waals surface area contributed by atoms with Crippen molar-refractivity contribution in [3.63, 3.8) is 0 Å². The quantitative estimate of drug-likeness (QED) is 0.284. The van der Waals surface area contributed by atoms with E-state index in [9.17, 15) is 13.6 Å². The van der Waals surface area contributed by atoms with Gasteiger partial charge in [-0.15, -0.1) is 0 Å². The molecule has 176 valence electrons. The van der Waals surface area contributed by atoms with Crippen molar-refractivity contribution in [3.8, 4) is 0 Å². The standard InChI is InChI=1S/C26H30ClF2N3O/c1-7-16(2)21(18-8-11-20(27)12-9-18)14-17(3)30-25(32-26(4,5)6)31-24(33)19-10-13-22(28)23(29)15-19/h7-13,15,17H,1,14H2,2-6H3,(H2,30,31,32,33)/b21-16-. The fourth-order valence-corrected chi connectivity index (χ4v) is 3.24. The first-order chi connectivity index (χ1) is 15.4. The molecule has 1 amide bonds. The molecule has 0 bridgehead atoms. The normalized spacial score (nSPS) is 13.8. The van der Waals surface area contributed by atoms with Gasteiger partial charge in [-0.3, -0.25) is 10.1 Å². The van der Waals surface area contributed by atoms with Gasteiger partial charge in [0.1, 0.15) is 0 Å². The molecule has 4 nitrogen and oxygen atoms in total. The van der Waals surface area contributed by atoms with Crippen molar-refractivity contribution >= 4 is 29.0 Å². The van der Waals surface area contributed by atoms with Crippen LogP contribution in [-0.4, -0.2) is 23.4 Å². The highest BCUT2D eigenvalue weighted by atomic mass is 35.5. The first kappa shape index (κ1) is 26.3. The van der Waals surface area contributed by atoms with Crippen LogP contribution in [0.5, 0.6) is 0 Å². The second-order valence-electron chi connectivity index (χ2n) is 8.86. The number of carbonyl (C=O) groups excluding carboxylic acids is 1. The van der Waals surface area contributed by atoms with Crippen LogP contribution in [0.1, 0.15) is 57.0 Å². The molecule has 0 aliphatic carbocycles. The Bertz CT molecular complexity index is 1070. The number of nitrogens with zero attached hydrogens (tertiary/aromatic N) is 1. The van der Waals surface area contributed by atoms with Gasteiger partial charge in [0.15, 0.2) is 17.6 Å². The Kier molecular flexibility index (Phi) is 8.94. The molecule has 1 unspecified atom stereocenters. The molecule has 33 heavy (non-hydrogen) atoms. The molecule has 0 aliphatic heterocycles. The lowest BCUT2D eigenvalue weighted by Gasteiger charge is -2.25. The average molecular weight is 474 g/mol. The molecular formula is C26H30ClF2N3O. The molecular weight excluding hydrogens is 444 g/mol. The molecule has 2 N–H and O–H groups in total. The predicted molar refractivity (Wildman–Crippen MR) is 132 cm³/mol. The summed E-state index contributed by atoms with van der Waals surface area (Å²) in [5.41, 5.74) is 2.67. The first-order valence-electron chi connectivity index (χ1n) is 10.6. The molecule has 0 radical (unpaired) electrons. The van der Waals surface area contributed by atoms with E-state index >= 15 is 0 Å². The van der Waals surface area contributed by atoms with Crippen molar-refractivity contribution in [3.05, 3.63) is 88.5 Å². The van der Waals surface area contributed by atoms with Gasteiger partial charge in [-0.2, -0.15) is 0 Å². The van der Waals surface area contributed by atoms with Gasteiger partial charge in [0.05, 0.1) is 6.04 Å². The van der Waals surface area contributed by atoms with Gasteiger partial charge >= 0.3 is 0 Å².